The van der Waals surface area contributed by atoms with Gasteiger partial charge in [0.2, 0.25) is 5.91 Å². The highest BCUT2D eigenvalue weighted by molar-refractivity contribution is 5.81. The van der Waals surface area contributed by atoms with E-state index in [1.165, 1.54) is 0 Å². The van der Waals surface area contributed by atoms with Crippen LogP contribution in [0.4, 0.5) is 4.79 Å². The second-order valence-electron chi connectivity index (χ2n) is 7.66. The number of phenolic OH excluding ortho intramolecular Hbond substituents is 1. The zero-order valence-corrected chi connectivity index (χ0v) is 15.7. The number of amides is 3. The average molecular weight is 359 g/mol. The maximum Gasteiger partial charge on any atom is 0.319 e. The number of phenols is 1. The molecule has 0 bridgehead atoms. The molecule has 1 aromatic carbocycles. The Hall–Kier alpha value is -2.24. The predicted molar refractivity (Wildman–Crippen MR) is 100 cm³/mol. The number of aromatic hydroxyl groups is 1. The van der Waals surface area contributed by atoms with Crippen molar-refractivity contribution >= 4 is 11.9 Å². The molecule has 1 aromatic rings. The Kier molecular flexibility index (Phi) is 5.69. The summed E-state index contributed by atoms with van der Waals surface area (Å²) in [7, 11) is 3.50. The molecular formula is C20H29N3O3. The van der Waals surface area contributed by atoms with Crippen molar-refractivity contribution in [3.8, 4) is 5.75 Å². The molecule has 0 spiro atoms. The lowest BCUT2D eigenvalue weighted by Crippen LogP contribution is -2.50. The van der Waals surface area contributed by atoms with Gasteiger partial charge in [-0.05, 0) is 49.3 Å². The smallest absolute Gasteiger partial charge is 0.319 e. The third kappa shape index (κ3) is 4.11. The van der Waals surface area contributed by atoms with Crippen molar-refractivity contribution in [2.45, 2.75) is 31.6 Å². The molecule has 26 heavy (non-hydrogen) atoms. The summed E-state index contributed by atoms with van der Waals surface area (Å²) in [6.45, 7) is 2.76. The first-order valence-electron chi connectivity index (χ1n) is 9.49. The Morgan fingerprint density at radius 1 is 1.08 bits per heavy atom. The maximum absolute atomic E-state index is 12.9. The Morgan fingerprint density at radius 2 is 1.81 bits per heavy atom. The van der Waals surface area contributed by atoms with Crippen LogP contribution in [0.1, 0.15) is 37.2 Å². The fourth-order valence-corrected chi connectivity index (χ4v) is 4.11. The van der Waals surface area contributed by atoms with Crippen molar-refractivity contribution in [1.29, 1.82) is 0 Å². The van der Waals surface area contributed by atoms with Gasteiger partial charge in [-0.25, -0.2) is 4.79 Å². The third-order valence-electron chi connectivity index (χ3n) is 5.57. The van der Waals surface area contributed by atoms with E-state index < -0.39 is 0 Å². The highest BCUT2D eigenvalue weighted by Crippen LogP contribution is 2.31. The van der Waals surface area contributed by atoms with E-state index in [1.54, 1.807) is 30.0 Å². The summed E-state index contributed by atoms with van der Waals surface area (Å²) in [5.41, 5.74) is 1.15. The lowest BCUT2D eigenvalue weighted by Gasteiger charge is -2.38. The number of nitrogens with zero attached hydrogens (tertiary/aromatic N) is 3. The molecule has 2 heterocycles. The van der Waals surface area contributed by atoms with Gasteiger partial charge in [-0.2, -0.15) is 0 Å². The summed E-state index contributed by atoms with van der Waals surface area (Å²) in [5, 5.41) is 9.66. The van der Waals surface area contributed by atoms with Crippen LogP contribution in [0.3, 0.4) is 0 Å². The molecule has 0 radical (unpaired) electrons. The molecule has 2 aliphatic rings. The molecule has 142 valence electrons. The summed E-state index contributed by atoms with van der Waals surface area (Å²) >= 11 is 0. The summed E-state index contributed by atoms with van der Waals surface area (Å²) in [6.07, 6.45) is 3.59. The Balaban J connectivity index is 1.55. The Labute approximate surface area is 155 Å². The molecule has 6 nitrogen and oxygen atoms in total. The molecule has 0 saturated carbocycles. The van der Waals surface area contributed by atoms with E-state index in [-0.39, 0.29) is 17.9 Å². The summed E-state index contributed by atoms with van der Waals surface area (Å²) in [4.78, 5) is 30.4. The first kappa shape index (κ1) is 18.5. The largest absolute Gasteiger partial charge is 0.508 e. The van der Waals surface area contributed by atoms with Crippen molar-refractivity contribution in [2.24, 2.45) is 5.92 Å². The zero-order chi connectivity index (χ0) is 18.7. The number of likely N-dealkylation sites (tertiary alicyclic amines) is 2. The van der Waals surface area contributed by atoms with Gasteiger partial charge in [0.05, 0.1) is 5.92 Å². The summed E-state index contributed by atoms with van der Waals surface area (Å²) in [6, 6.07) is 7.43. The number of urea groups is 1. The molecule has 2 aliphatic heterocycles. The first-order valence-corrected chi connectivity index (χ1v) is 9.49. The van der Waals surface area contributed by atoms with Gasteiger partial charge >= 0.3 is 6.03 Å². The number of carbonyl (C=O) groups is 2. The quantitative estimate of drug-likeness (QED) is 0.882. The van der Waals surface area contributed by atoms with Crippen molar-refractivity contribution in [3.63, 3.8) is 0 Å². The van der Waals surface area contributed by atoms with Crippen LogP contribution in [-0.2, 0) is 4.79 Å². The van der Waals surface area contributed by atoms with Gasteiger partial charge in [0.15, 0.2) is 0 Å². The van der Waals surface area contributed by atoms with Crippen LogP contribution in [0.25, 0.3) is 0 Å². The van der Waals surface area contributed by atoms with Crippen LogP contribution in [0.5, 0.6) is 5.75 Å². The Morgan fingerprint density at radius 3 is 2.46 bits per heavy atom. The van der Waals surface area contributed by atoms with Gasteiger partial charge in [0, 0.05) is 40.3 Å². The molecule has 3 amide bonds. The standard InChI is InChI=1S/C20H29N3O3/c1-21(2)20(26)23-10-4-6-17(14-23)19(25)22-11-8-15(9-12-22)16-5-3-7-18(24)13-16/h3,5,7,13,15,17,24H,4,6,8-12,14H2,1-2H3/t17-/m1/s1. The topological polar surface area (TPSA) is 64.1 Å². The molecule has 2 saturated heterocycles. The van der Waals surface area contributed by atoms with Gasteiger partial charge in [0.1, 0.15) is 5.75 Å². The van der Waals surface area contributed by atoms with Crippen LogP contribution in [0, 0.1) is 5.92 Å². The number of rotatable bonds is 2. The average Bonchev–Trinajstić information content (AvgIpc) is 2.67. The predicted octanol–water partition coefficient (Wildman–Crippen LogP) is 2.49. The third-order valence-corrected chi connectivity index (χ3v) is 5.57. The minimum Gasteiger partial charge on any atom is -0.508 e. The van der Waals surface area contributed by atoms with E-state index in [1.807, 2.05) is 23.1 Å². The molecule has 2 fully saturated rings. The monoisotopic (exact) mass is 359 g/mol. The van der Waals surface area contributed by atoms with Gasteiger partial charge < -0.3 is 19.8 Å². The highest BCUT2D eigenvalue weighted by Gasteiger charge is 2.33. The van der Waals surface area contributed by atoms with Crippen LogP contribution in [0.2, 0.25) is 0 Å². The lowest BCUT2D eigenvalue weighted by atomic mass is 9.88. The van der Waals surface area contributed by atoms with E-state index in [4.69, 9.17) is 0 Å². The van der Waals surface area contributed by atoms with Crippen molar-refractivity contribution in [2.75, 3.05) is 40.3 Å². The molecule has 0 unspecified atom stereocenters. The zero-order valence-electron chi connectivity index (χ0n) is 15.7. The minimum absolute atomic E-state index is 0.00917. The molecule has 1 N–H and O–H groups in total. The van der Waals surface area contributed by atoms with E-state index in [2.05, 4.69) is 0 Å². The van der Waals surface area contributed by atoms with Crippen molar-refractivity contribution < 1.29 is 14.7 Å². The summed E-state index contributed by atoms with van der Waals surface area (Å²) in [5.74, 6) is 0.804. The fourth-order valence-electron chi connectivity index (χ4n) is 4.11. The Bertz CT molecular complexity index is 653. The van der Waals surface area contributed by atoms with Crippen LogP contribution in [0.15, 0.2) is 24.3 Å². The molecule has 6 heteroatoms. The molecule has 3 rings (SSSR count). The number of hydrogen-bond donors (Lipinski definition) is 1. The van der Waals surface area contributed by atoms with Crippen molar-refractivity contribution in [1.82, 2.24) is 14.7 Å². The summed E-state index contributed by atoms with van der Waals surface area (Å²) < 4.78 is 0. The lowest BCUT2D eigenvalue weighted by molar-refractivity contribution is -0.138. The normalized spacial score (nSPS) is 21.5. The molecular weight excluding hydrogens is 330 g/mol. The van der Waals surface area contributed by atoms with E-state index >= 15 is 0 Å². The maximum atomic E-state index is 12.9. The van der Waals surface area contributed by atoms with Crippen molar-refractivity contribution in [3.05, 3.63) is 29.8 Å². The van der Waals surface area contributed by atoms with Gasteiger partial charge in [0.25, 0.3) is 0 Å². The fraction of sp³-hybridized carbons (Fsp3) is 0.600. The van der Waals surface area contributed by atoms with Gasteiger partial charge in [-0.1, -0.05) is 12.1 Å². The van der Waals surface area contributed by atoms with Crippen LogP contribution in [-0.4, -0.2) is 72.0 Å². The minimum atomic E-state index is -0.0787. The number of hydrogen-bond acceptors (Lipinski definition) is 3. The second-order valence-corrected chi connectivity index (χ2v) is 7.66. The molecule has 0 aromatic heterocycles. The number of carbonyl (C=O) groups excluding carboxylic acids is 2. The number of benzene rings is 1. The van der Waals surface area contributed by atoms with Gasteiger partial charge in [-0.3, -0.25) is 4.79 Å². The van der Waals surface area contributed by atoms with E-state index in [0.29, 0.717) is 18.2 Å². The van der Waals surface area contributed by atoms with Crippen LogP contribution >= 0.6 is 0 Å². The second kappa shape index (κ2) is 7.98. The SMILES string of the molecule is CN(C)C(=O)N1CCC[C@@H](C(=O)N2CCC(c3cccc(O)c3)CC2)C1. The molecule has 0 aliphatic carbocycles. The van der Waals surface area contributed by atoms with Gasteiger partial charge in [-0.15, -0.1) is 0 Å². The highest BCUT2D eigenvalue weighted by atomic mass is 16.3. The number of piperidine rings is 2. The first-order chi connectivity index (χ1) is 12.5. The van der Waals surface area contributed by atoms with Crippen LogP contribution < -0.4 is 0 Å². The van der Waals surface area contributed by atoms with E-state index in [0.717, 1.165) is 50.9 Å². The van der Waals surface area contributed by atoms with E-state index in [9.17, 15) is 14.7 Å². The molecule has 1 atom stereocenters.